The molecule has 0 fully saturated rings. The summed E-state index contributed by atoms with van der Waals surface area (Å²) in [5.41, 5.74) is 0. The maximum atomic E-state index is 3.92. The Morgan fingerprint density at radius 3 is 2.67 bits per heavy atom. The van der Waals surface area contributed by atoms with E-state index in [0.29, 0.717) is 0 Å². The lowest BCUT2D eigenvalue weighted by atomic mass is 10.6. The third kappa shape index (κ3) is 1.81. The number of nitrogens with one attached hydrogen (secondary N) is 1. The molecule has 0 aliphatic rings. The molecule has 0 spiro atoms. The number of aromatic nitrogens is 3. The predicted molar refractivity (Wildman–Crippen MR) is 33.9 cm³/mol. The average molecular weight is 126 g/mol. The molecule has 1 heterocycles. The Kier molecular flexibility index (Phi) is 2.21. The molecule has 1 aromatic heterocycles. The molecule has 0 unspecified atom stereocenters. The van der Waals surface area contributed by atoms with Crippen molar-refractivity contribution in [3.05, 3.63) is 12.4 Å². The quantitative estimate of drug-likeness (QED) is 0.593. The molecule has 0 saturated heterocycles. The molecule has 9 heavy (non-hydrogen) atoms. The van der Waals surface area contributed by atoms with Crippen molar-refractivity contribution in [3.63, 3.8) is 0 Å². The van der Waals surface area contributed by atoms with Crippen LogP contribution >= 0.6 is 0 Å². The van der Waals surface area contributed by atoms with E-state index >= 15 is 0 Å². The van der Waals surface area contributed by atoms with E-state index in [4.69, 9.17) is 0 Å². The summed E-state index contributed by atoms with van der Waals surface area (Å²) in [6, 6.07) is 0. The first-order valence-corrected chi connectivity index (χ1v) is 2.92. The van der Waals surface area contributed by atoms with Gasteiger partial charge in [-0.25, -0.2) is 0 Å². The fourth-order valence-electron chi connectivity index (χ4n) is 0.571. The molecule has 4 nitrogen and oxygen atoms in total. The topological polar surface area (TPSA) is 42.7 Å². The summed E-state index contributed by atoms with van der Waals surface area (Å²) in [4.78, 5) is 1.65. The second-order valence-corrected chi connectivity index (χ2v) is 1.73. The maximum absolute atomic E-state index is 3.92. The lowest BCUT2D eigenvalue weighted by molar-refractivity contribution is 0.520. The molecule has 0 bridgehead atoms. The van der Waals surface area contributed by atoms with Gasteiger partial charge in [-0.3, -0.25) is 0 Å². The van der Waals surface area contributed by atoms with Crippen molar-refractivity contribution in [1.29, 1.82) is 0 Å². The average Bonchev–Trinajstić information content (AvgIpc) is 2.34. The van der Waals surface area contributed by atoms with E-state index < -0.39 is 0 Å². The highest BCUT2D eigenvalue weighted by atomic mass is 15.5. The van der Waals surface area contributed by atoms with Gasteiger partial charge in [0, 0.05) is 6.54 Å². The summed E-state index contributed by atoms with van der Waals surface area (Å²) >= 11 is 0. The fourth-order valence-corrected chi connectivity index (χ4v) is 0.571. The number of hydrogen-bond donors (Lipinski definition) is 1. The lowest BCUT2D eigenvalue weighted by Crippen LogP contribution is -2.16. The van der Waals surface area contributed by atoms with E-state index in [1.54, 1.807) is 17.2 Å². The van der Waals surface area contributed by atoms with Gasteiger partial charge in [-0.15, -0.1) is 0 Å². The summed E-state index contributed by atoms with van der Waals surface area (Å²) < 4.78 is 0. The fraction of sp³-hybridized carbons (Fsp3) is 0.600. The highest BCUT2D eigenvalue weighted by Crippen LogP contribution is 1.74. The van der Waals surface area contributed by atoms with Crippen molar-refractivity contribution in [1.82, 2.24) is 20.3 Å². The Labute approximate surface area is 53.9 Å². The van der Waals surface area contributed by atoms with Gasteiger partial charge in [-0.1, -0.05) is 0 Å². The smallest absolute Gasteiger partial charge is 0.0731 e. The molecule has 1 N–H and O–H groups in total. The van der Waals surface area contributed by atoms with Crippen LogP contribution in [0, 0.1) is 0 Å². The van der Waals surface area contributed by atoms with Crippen LogP contribution in [-0.2, 0) is 6.54 Å². The summed E-state index contributed by atoms with van der Waals surface area (Å²) in [6.45, 7) is 1.75. The van der Waals surface area contributed by atoms with Crippen molar-refractivity contribution < 1.29 is 0 Å². The molecule has 0 aliphatic carbocycles. The van der Waals surface area contributed by atoms with Gasteiger partial charge >= 0.3 is 0 Å². The summed E-state index contributed by atoms with van der Waals surface area (Å²) in [5, 5.41) is 10.8. The van der Waals surface area contributed by atoms with Crippen LogP contribution in [0.2, 0.25) is 0 Å². The van der Waals surface area contributed by atoms with Crippen LogP contribution in [0.5, 0.6) is 0 Å². The van der Waals surface area contributed by atoms with Gasteiger partial charge in [0.2, 0.25) is 0 Å². The molecule has 4 heteroatoms. The summed E-state index contributed by atoms with van der Waals surface area (Å²) in [7, 11) is 1.91. The number of likely N-dealkylation sites (N-methyl/N-ethyl adjacent to an activating group) is 1. The van der Waals surface area contributed by atoms with E-state index in [9.17, 15) is 0 Å². The van der Waals surface area contributed by atoms with E-state index in [1.165, 1.54) is 0 Å². The van der Waals surface area contributed by atoms with Gasteiger partial charge in [-0.2, -0.15) is 15.0 Å². The first kappa shape index (κ1) is 6.22. The van der Waals surface area contributed by atoms with Crippen molar-refractivity contribution >= 4 is 0 Å². The molecule has 1 rings (SSSR count). The second-order valence-electron chi connectivity index (χ2n) is 1.73. The first-order chi connectivity index (χ1) is 4.43. The third-order valence-corrected chi connectivity index (χ3v) is 1.03. The molecule has 0 saturated carbocycles. The minimum Gasteiger partial charge on any atom is -0.318 e. The van der Waals surface area contributed by atoms with Crippen LogP contribution in [-0.4, -0.2) is 28.6 Å². The SMILES string of the molecule is CNCCn1nccn1. The number of nitrogens with zero attached hydrogens (tertiary/aromatic N) is 3. The monoisotopic (exact) mass is 126 g/mol. The van der Waals surface area contributed by atoms with Crippen molar-refractivity contribution in [2.75, 3.05) is 13.6 Å². The molecule has 1 aromatic rings. The van der Waals surface area contributed by atoms with Gasteiger partial charge in [0.15, 0.2) is 0 Å². The van der Waals surface area contributed by atoms with Crippen molar-refractivity contribution in [3.8, 4) is 0 Å². The van der Waals surface area contributed by atoms with Gasteiger partial charge in [0.05, 0.1) is 18.9 Å². The van der Waals surface area contributed by atoms with Gasteiger partial charge in [0.25, 0.3) is 0 Å². The highest BCUT2D eigenvalue weighted by molar-refractivity contribution is 4.59. The van der Waals surface area contributed by atoms with E-state index in [-0.39, 0.29) is 0 Å². The minimum absolute atomic E-state index is 0.837. The second kappa shape index (κ2) is 3.19. The van der Waals surface area contributed by atoms with Crippen LogP contribution in [0.1, 0.15) is 0 Å². The van der Waals surface area contributed by atoms with Gasteiger partial charge < -0.3 is 5.32 Å². The minimum atomic E-state index is 0.837. The molecule has 0 aromatic carbocycles. The maximum Gasteiger partial charge on any atom is 0.0731 e. The molecule has 0 aliphatic heterocycles. The normalized spacial score (nSPS) is 9.89. The largest absolute Gasteiger partial charge is 0.318 e. The Morgan fingerprint density at radius 2 is 2.11 bits per heavy atom. The predicted octanol–water partition coefficient (Wildman–Crippen LogP) is -0.503. The number of hydrogen-bond acceptors (Lipinski definition) is 3. The van der Waals surface area contributed by atoms with Crippen LogP contribution in [0.4, 0.5) is 0 Å². The van der Waals surface area contributed by atoms with Crippen LogP contribution in [0.3, 0.4) is 0 Å². The van der Waals surface area contributed by atoms with Gasteiger partial charge in [-0.05, 0) is 7.05 Å². The zero-order chi connectivity index (χ0) is 6.53. The van der Waals surface area contributed by atoms with Crippen molar-refractivity contribution in [2.45, 2.75) is 6.54 Å². The molecule has 0 atom stereocenters. The molecule has 0 amide bonds. The zero-order valence-corrected chi connectivity index (χ0v) is 5.41. The van der Waals surface area contributed by atoms with Crippen LogP contribution < -0.4 is 5.32 Å². The standard InChI is InChI=1S/C5H10N4/c1-6-4-5-9-7-2-3-8-9/h2-3,6H,4-5H2,1H3. The van der Waals surface area contributed by atoms with Crippen molar-refractivity contribution in [2.24, 2.45) is 0 Å². The van der Waals surface area contributed by atoms with Gasteiger partial charge in [0.1, 0.15) is 0 Å². The Balaban J connectivity index is 2.30. The summed E-state index contributed by atoms with van der Waals surface area (Å²) in [6.07, 6.45) is 3.35. The third-order valence-electron chi connectivity index (χ3n) is 1.03. The number of rotatable bonds is 3. The molecular weight excluding hydrogens is 116 g/mol. The highest BCUT2D eigenvalue weighted by Gasteiger charge is 1.86. The molecular formula is C5H10N4. The van der Waals surface area contributed by atoms with E-state index in [2.05, 4.69) is 15.5 Å². The summed E-state index contributed by atoms with van der Waals surface area (Å²) in [5.74, 6) is 0. The molecule has 0 radical (unpaired) electrons. The van der Waals surface area contributed by atoms with Crippen LogP contribution in [0.25, 0.3) is 0 Å². The van der Waals surface area contributed by atoms with E-state index in [1.807, 2.05) is 7.05 Å². The zero-order valence-electron chi connectivity index (χ0n) is 5.41. The Bertz CT molecular complexity index is 146. The lowest BCUT2D eigenvalue weighted by Gasteiger charge is -1.95. The molecule has 50 valence electrons. The Morgan fingerprint density at radius 1 is 1.44 bits per heavy atom. The first-order valence-electron chi connectivity index (χ1n) is 2.92. The Hall–Kier alpha value is -0.900. The van der Waals surface area contributed by atoms with E-state index in [0.717, 1.165) is 13.1 Å². The van der Waals surface area contributed by atoms with Crippen LogP contribution in [0.15, 0.2) is 12.4 Å².